The van der Waals surface area contributed by atoms with Crippen molar-refractivity contribution < 1.29 is 0 Å². The van der Waals surface area contributed by atoms with Gasteiger partial charge >= 0.3 is 0 Å². The van der Waals surface area contributed by atoms with Crippen LogP contribution in [-0.2, 0) is 0 Å². The molecule has 17 heavy (non-hydrogen) atoms. The molecule has 0 bridgehead atoms. The van der Waals surface area contributed by atoms with Crippen LogP contribution in [0.2, 0.25) is 0 Å². The predicted molar refractivity (Wildman–Crippen MR) is 81.7 cm³/mol. The third-order valence-electron chi connectivity index (χ3n) is 3.43. The highest BCUT2D eigenvalue weighted by Crippen LogP contribution is 2.28. The molecule has 2 nitrogen and oxygen atoms in total. The van der Waals surface area contributed by atoms with E-state index in [0.29, 0.717) is 11.8 Å². The Kier molecular flexibility index (Phi) is 5.42. The lowest BCUT2D eigenvalue weighted by atomic mass is 9.96. The Morgan fingerprint density at radius 1 is 1.06 bits per heavy atom. The van der Waals surface area contributed by atoms with E-state index in [1.807, 2.05) is 23.5 Å². The predicted octanol–water partition coefficient (Wildman–Crippen LogP) is 3.72. The second-order valence-electron chi connectivity index (χ2n) is 4.72. The minimum atomic E-state index is 0.656. The van der Waals surface area contributed by atoms with Gasteiger partial charge in [-0.3, -0.25) is 9.98 Å². The zero-order valence-corrected chi connectivity index (χ0v) is 12.4. The van der Waals surface area contributed by atoms with Crippen molar-refractivity contribution in [1.29, 1.82) is 0 Å². The van der Waals surface area contributed by atoms with Gasteiger partial charge in [0.25, 0.3) is 0 Å². The lowest BCUT2D eigenvalue weighted by molar-refractivity contribution is 0.538. The van der Waals surface area contributed by atoms with Crippen LogP contribution in [0.3, 0.4) is 0 Å². The lowest BCUT2D eigenvalue weighted by Crippen LogP contribution is -2.13. The van der Waals surface area contributed by atoms with Gasteiger partial charge in [-0.25, -0.2) is 0 Å². The number of aliphatic imine (C=N–C) groups is 2. The van der Waals surface area contributed by atoms with Gasteiger partial charge in [0, 0.05) is 36.4 Å². The first-order chi connectivity index (χ1) is 8.31. The Labute approximate surface area is 113 Å². The molecule has 0 saturated heterocycles. The largest absolute Gasteiger partial charge is 0.282 e. The first-order valence-corrected chi connectivity index (χ1v) is 8.62. The summed E-state index contributed by atoms with van der Waals surface area (Å²) in [5.41, 5.74) is 0. The number of nitrogens with zero attached hydrogens (tertiary/aromatic N) is 2. The maximum absolute atomic E-state index is 4.63. The lowest BCUT2D eigenvalue weighted by Gasteiger charge is -2.17. The average molecular weight is 270 g/mol. The van der Waals surface area contributed by atoms with Crippen LogP contribution in [-0.4, -0.2) is 34.7 Å². The molecule has 2 atom stereocenters. The molecule has 2 aliphatic heterocycles. The molecule has 0 N–H and O–H groups in total. The topological polar surface area (TPSA) is 24.7 Å². The summed E-state index contributed by atoms with van der Waals surface area (Å²) in [5, 5.41) is 2.81. The molecule has 2 aliphatic rings. The molecule has 0 radical (unpaired) electrons. The Balaban J connectivity index is 1.79. The maximum atomic E-state index is 4.63. The van der Waals surface area contributed by atoms with Gasteiger partial charge in [-0.15, -0.1) is 23.5 Å². The first-order valence-electron chi connectivity index (χ1n) is 6.65. The van der Waals surface area contributed by atoms with Crippen molar-refractivity contribution >= 4 is 33.6 Å². The number of hydrogen-bond acceptors (Lipinski definition) is 4. The van der Waals surface area contributed by atoms with E-state index in [4.69, 9.17) is 0 Å². The molecule has 0 aromatic heterocycles. The highest BCUT2D eigenvalue weighted by Gasteiger charge is 2.21. The smallest absolute Gasteiger partial charge is 0.0707 e. The monoisotopic (exact) mass is 270 g/mol. The van der Waals surface area contributed by atoms with Gasteiger partial charge in [-0.2, -0.15) is 0 Å². The fraction of sp³-hybridized carbons (Fsp3) is 0.846. The molecule has 2 unspecified atom stereocenters. The molecule has 96 valence electrons. The summed E-state index contributed by atoms with van der Waals surface area (Å²) in [6.07, 6.45) is 3.78. The first kappa shape index (κ1) is 13.5. The summed E-state index contributed by atoms with van der Waals surface area (Å²) in [5.74, 6) is 3.75. The van der Waals surface area contributed by atoms with E-state index in [9.17, 15) is 0 Å². The van der Waals surface area contributed by atoms with Crippen LogP contribution in [0.15, 0.2) is 9.98 Å². The van der Waals surface area contributed by atoms with Crippen LogP contribution in [0.5, 0.6) is 0 Å². The van der Waals surface area contributed by atoms with Crippen molar-refractivity contribution in [1.82, 2.24) is 0 Å². The Hall–Kier alpha value is 0.0400. The average Bonchev–Trinajstić information content (AvgIpc) is 3.02. The quantitative estimate of drug-likeness (QED) is 0.735. The molecular weight excluding hydrogens is 248 g/mol. The second kappa shape index (κ2) is 6.83. The molecule has 0 spiro atoms. The Bertz CT molecular complexity index is 313. The molecule has 2 rings (SSSR count). The molecule has 0 saturated carbocycles. The van der Waals surface area contributed by atoms with E-state index in [0.717, 1.165) is 13.1 Å². The third-order valence-corrected chi connectivity index (χ3v) is 5.79. The minimum Gasteiger partial charge on any atom is -0.282 e. The minimum absolute atomic E-state index is 0.656. The summed E-state index contributed by atoms with van der Waals surface area (Å²) in [6.45, 7) is 6.69. The summed E-state index contributed by atoms with van der Waals surface area (Å²) in [4.78, 5) is 9.21. The molecule has 0 fully saturated rings. The maximum Gasteiger partial charge on any atom is 0.0707 e. The molecule has 0 aliphatic carbocycles. The van der Waals surface area contributed by atoms with Crippen molar-refractivity contribution in [2.45, 2.75) is 33.1 Å². The van der Waals surface area contributed by atoms with E-state index in [1.54, 1.807) is 0 Å². The van der Waals surface area contributed by atoms with E-state index in [1.165, 1.54) is 40.9 Å². The van der Waals surface area contributed by atoms with Gasteiger partial charge in [0.2, 0.25) is 0 Å². The van der Waals surface area contributed by atoms with Gasteiger partial charge in [0.05, 0.1) is 10.1 Å². The Morgan fingerprint density at radius 3 is 2.24 bits per heavy atom. The van der Waals surface area contributed by atoms with Crippen LogP contribution in [0.1, 0.15) is 33.1 Å². The standard InChI is InChI=1S/C13H22N2S2/c1-3-11(13-15-7-9-17-13)5-4-10(2)12-14-6-8-16-12/h10-11H,3-9H2,1-2H3. The molecule has 4 heteroatoms. The van der Waals surface area contributed by atoms with Crippen molar-refractivity contribution in [2.75, 3.05) is 24.6 Å². The molecule has 2 heterocycles. The highest BCUT2D eigenvalue weighted by atomic mass is 32.2. The van der Waals surface area contributed by atoms with Crippen LogP contribution < -0.4 is 0 Å². The summed E-state index contributed by atoms with van der Waals surface area (Å²) in [6, 6.07) is 0. The van der Waals surface area contributed by atoms with Gasteiger partial charge in [-0.05, 0) is 19.3 Å². The number of thioether (sulfide) groups is 2. The molecule has 0 aromatic carbocycles. The molecule has 0 amide bonds. The van der Waals surface area contributed by atoms with Gasteiger partial charge in [0.15, 0.2) is 0 Å². The van der Waals surface area contributed by atoms with Gasteiger partial charge < -0.3 is 0 Å². The van der Waals surface area contributed by atoms with Crippen LogP contribution >= 0.6 is 23.5 Å². The SMILES string of the molecule is CCC(CCC(C)C1=NCCS1)C1=NCCS1. The van der Waals surface area contributed by atoms with Crippen LogP contribution in [0.25, 0.3) is 0 Å². The number of hydrogen-bond donors (Lipinski definition) is 0. The zero-order valence-electron chi connectivity index (χ0n) is 10.8. The normalized spacial score (nSPS) is 23.4. The van der Waals surface area contributed by atoms with Crippen molar-refractivity contribution in [3.05, 3.63) is 0 Å². The van der Waals surface area contributed by atoms with E-state index < -0.39 is 0 Å². The number of rotatable bonds is 6. The van der Waals surface area contributed by atoms with Crippen molar-refractivity contribution in [3.8, 4) is 0 Å². The zero-order chi connectivity index (χ0) is 12.1. The van der Waals surface area contributed by atoms with E-state index in [-0.39, 0.29) is 0 Å². The van der Waals surface area contributed by atoms with Crippen molar-refractivity contribution in [3.63, 3.8) is 0 Å². The third kappa shape index (κ3) is 3.75. The van der Waals surface area contributed by atoms with Crippen molar-refractivity contribution in [2.24, 2.45) is 21.8 Å². The van der Waals surface area contributed by atoms with Gasteiger partial charge in [0.1, 0.15) is 0 Å². The van der Waals surface area contributed by atoms with Crippen LogP contribution in [0.4, 0.5) is 0 Å². The van der Waals surface area contributed by atoms with E-state index in [2.05, 4.69) is 23.8 Å². The van der Waals surface area contributed by atoms with Gasteiger partial charge in [-0.1, -0.05) is 13.8 Å². The fourth-order valence-corrected chi connectivity index (χ4v) is 4.40. The fourth-order valence-electron chi connectivity index (χ4n) is 2.33. The Morgan fingerprint density at radius 2 is 1.71 bits per heavy atom. The van der Waals surface area contributed by atoms with Crippen LogP contribution in [0, 0.1) is 11.8 Å². The molecule has 0 aromatic rings. The summed E-state index contributed by atoms with van der Waals surface area (Å²) in [7, 11) is 0. The summed E-state index contributed by atoms with van der Waals surface area (Å²) < 4.78 is 0. The molecular formula is C13H22N2S2. The second-order valence-corrected chi connectivity index (χ2v) is 6.95. The summed E-state index contributed by atoms with van der Waals surface area (Å²) >= 11 is 3.93. The highest BCUT2D eigenvalue weighted by molar-refractivity contribution is 8.14. The van der Waals surface area contributed by atoms with E-state index >= 15 is 0 Å².